The SMILES string of the molecule is CCc1ccc([C@H](C)NC[C@@]2(O)CCOC2)o1. The van der Waals surface area contributed by atoms with Crippen LogP contribution in [0.2, 0.25) is 0 Å². The molecule has 1 saturated heterocycles. The molecule has 17 heavy (non-hydrogen) atoms. The summed E-state index contributed by atoms with van der Waals surface area (Å²) in [7, 11) is 0. The fourth-order valence-electron chi connectivity index (χ4n) is 2.00. The Labute approximate surface area is 102 Å². The molecule has 4 heteroatoms. The second kappa shape index (κ2) is 5.21. The molecule has 2 atom stereocenters. The molecule has 2 heterocycles. The highest BCUT2D eigenvalue weighted by Crippen LogP contribution is 2.20. The van der Waals surface area contributed by atoms with E-state index in [0.29, 0.717) is 26.2 Å². The average molecular weight is 239 g/mol. The Morgan fingerprint density at radius 2 is 2.35 bits per heavy atom. The number of nitrogens with one attached hydrogen (secondary N) is 1. The van der Waals surface area contributed by atoms with Gasteiger partial charge in [-0.2, -0.15) is 0 Å². The van der Waals surface area contributed by atoms with Crippen LogP contribution in [-0.2, 0) is 11.2 Å². The molecule has 1 aliphatic rings. The highest BCUT2D eigenvalue weighted by Gasteiger charge is 2.32. The lowest BCUT2D eigenvalue weighted by Gasteiger charge is -2.23. The highest BCUT2D eigenvalue weighted by molar-refractivity contribution is 5.10. The van der Waals surface area contributed by atoms with Crippen molar-refractivity contribution in [1.82, 2.24) is 5.32 Å². The topological polar surface area (TPSA) is 54.6 Å². The van der Waals surface area contributed by atoms with Crippen LogP contribution in [0.3, 0.4) is 0 Å². The maximum Gasteiger partial charge on any atom is 0.120 e. The summed E-state index contributed by atoms with van der Waals surface area (Å²) in [4.78, 5) is 0. The van der Waals surface area contributed by atoms with Gasteiger partial charge in [0.2, 0.25) is 0 Å². The van der Waals surface area contributed by atoms with Crippen molar-refractivity contribution in [2.45, 2.75) is 38.3 Å². The molecule has 1 aromatic rings. The Morgan fingerprint density at radius 1 is 1.53 bits per heavy atom. The van der Waals surface area contributed by atoms with E-state index in [-0.39, 0.29) is 6.04 Å². The number of rotatable bonds is 5. The summed E-state index contributed by atoms with van der Waals surface area (Å²) in [6, 6.07) is 4.10. The van der Waals surface area contributed by atoms with Crippen LogP contribution in [-0.4, -0.2) is 30.5 Å². The predicted molar refractivity (Wildman–Crippen MR) is 64.9 cm³/mol. The molecule has 1 aromatic heterocycles. The minimum atomic E-state index is -0.714. The van der Waals surface area contributed by atoms with E-state index in [0.717, 1.165) is 17.9 Å². The first-order valence-corrected chi connectivity index (χ1v) is 6.25. The predicted octanol–water partition coefficient (Wildman–Crippen LogP) is 1.64. The number of hydrogen-bond donors (Lipinski definition) is 2. The van der Waals surface area contributed by atoms with E-state index in [9.17, 15) is 5.11 Å². The molecule has 96 valence electrons. The Kier molecular flexibility index (Phi) is 3.86. The van der Waals surface area contributed by atoms with Crippen LogP contribution in [0.15, 0.2) is 16.5 Å². The zero-order valence-electron chi connectivity index (χ0n) is 10.5. The molecule has 0 amide bonds. The van der Waals surface area contributed by atoms with Crippen LogP contribution in [0.4, 0.5) is 0 Å². The molecular weight excluding hydrogens is 218 g/mol. The number of hydrogen-bond acceptors (Lipinski definition) is 4. The summed E-state index contributed by atoms with van der Waals surface area (Å²) in [6.07, 6.45) is 1.61. The lowest BCUT2D eigenvalue weighted by atomic mass is 10.0. The fourth-order valence-corrected chi connectivity index (χ4v) is 2.00. The van der Waals surface area contributed by atoms with Crippen LogP contribution >= 0.6 is 0 Å². The van der Waals surface area contributed by atoms with Gasteiger partial charge in [0, 0.05) is 26.0 Å². The number of ether oxygens (including phenoxy) is 1. The Balaban J connectivity index is 1.86. The third-order valence-electron chi connectivity index (χ3n) is 3.28. The highest BCUT2D eigenvalue weighted by atomic mass is 16.5. The summed E-state index contributed by atoms with van der Waals surface area (Å²) < 4.78 is 10.9. The second-order valence-corrected chi connectivity index (χ2v) is 4.79. The summed E-state index contributed by atoms with van der Waals surface area (Å²) in [5, 5.41) is 13.4. The van der Waals surface area contributed by atoms with Gasteiger partial charge < -0.3 is 19.6 Å². The quantitative estimate of drug-likeness (QED) is 0.820. The van der Waals surface area contributed by atoms with Crippen LogP contribution in [0, 0.1) is 0 Å². The third-order valence-corrected chi connectivity index (χ3v) is 3.28. The van der Waals surface area contributed by atoms with E-state index in [1.807, 2.05) is 19.1 Å². The summed E-state index contributed by atoms with van der Waals surface area (Å²) in [6.45, 7) is 5.71. The Hall–Kier alpha value is -0.840. The number of aliphatic hydroxyl groups is 1. The third kappa shape index (κ3) is 3.09. The monoisotopic (exact) mass is 239 g/mol. The van der Waals surface area contributed by atoms with Crippen LogP contribution in [0.1, 0.15) is 37.8 Å². The molecule has 0 bridgehead atoms. The average Bonchev–Trinajstić information content (AvgIpc) is 2.95. The summed E-state index contributed by atoms with van der Waals surface area (Å²) in [5.74, 6) is 1.92. The molecule has 2 N–H and O–H groups in total. The summed E-state index contributed by atoms with van der Waals surface area (Å²) in [5.41, 5.74) is -0.714. The molecule has 0 saturated carbocycles. The van der Waals surface area contributed by atoms with Crippen LogP contribution in [0.5, 0.6) is 0 Å². The van der Waals surface area contributed by atoms with Gasteiger partial charge in [0.15, 0.2) is 0 Å². The van der Waals surface area contributed by atoms with Crippen molar-refractivity contribution in [3.63, 3.8) is 0 Å². The van der Waals surface area contributed by atoms with Crippen molar-refractivity contribution in [1.29, 1.82) is 0 Å². The molecule has 1 aliphatic heterocycles. The molecule has 0 radical (unpaired) electrons. The van der Waals surface area contributed by atoms with Gasteiger partial charge in [-0.1, -0.05) is 6.92 Å². The van der Waals surface area contributed by atoms with Crippen LogP contribution < -0.4 is 5.32 Å². The molecular formula is C13H21NO3. The van der Waals surface area contributed by atoms with E-state index in [1.54, 1.807) is 0 Å². The van der Waals surface area contributed by atoms with E-state index in [1.165, 1.54) is 0 Å². The lowest BCUT2D eigenvalue weighted by Crippen LogP contribution is -2.41. The van der Waals surface area contributed by atoms with Gasteiger partial charge >= 0.3 is 0 Å². The summed E-state index contributed by atoms with van der Waals surface area (Å²) >= 11 is 0. The normalized spacial score (nSPS) is 26.3. The lowest BCUT2D eigenvalue weighted by molar-refractivity contribution is 0.0247. The Bertz CT molecular complexity index is 355. The molecule has 0 spiro atoms. The zero-order valence-corrected chi connectivity index (χ0v) is 10.5. The molecule has 1 fully saturated rings. The van der Waals surface area contributed by atoms with Crippen molar-refractivity contribution in [2.24, 2.45) is 0 Å². The Morgan fingerprint density at radius 3 is 2.94 bits per heavy atom. The first-order chi connectivity index (χ1) is 8.13. The van der Waals surface area contributed by atoms with E-state index >= 15 is 0 Å². The van der Waals surface area contributed by atoms with Crippen molar-refractivity contribution < 1.29 is 14.3 Å². The smallest absolute Gasteiger partial charge is 0.120 e. The first kappa shape index (κ1) is 12.6. The zero-order chi connectivity index (χ0) is 12.3. The van der Waals surface area contributed by atoms with Gasteiger partial charge in [0.1, 0.15) is 17.1 Å². The van der Waals surface area contributed by atoms with Gasteiger partial charge in [0.05, 0.1) is 12.6 Å². The number of aryl methyl sites for hydroxylation is 1. The van der Waals surface area contributed by atoms with Gasteiger partial charge in [-0.15, -0.1) is 0 Å². The molecule has 0 unspecified atom stereocenters. The van der Waals surface area contributed by atoms with Gasteiger partial charge in [-0.3, -0.25) is 0 Å². The maximum atomic E-state index is 10.1. The number of furan rings is 1. The molecule has 2 rings (SSSR count). The van der Waals surface area contributed by atoms with Crippen molar-refractivity contribution in [3.05, 3.63) is 23.7 Å². The van der Waals surface area contributed by atoms with Gasteiger partial charge in [0.25, 0.3) is 0 Å². The van der Waals surface area contributed by atoms with Gasteiger partial charge in [-0.25, -0.2) is 0 Å². The van der Waals surface area contributed by atoms with Crippen molar-refractivity contribution in [3.8, 4) is 0 Å². The standard InChI is InChI=1S/C13H21NO3/c1-3-11-4-5-12(17-11)10(2)14-8-13(15)6-7-16-9-13/h4-5,10,14-15H,3,6-9H2,1-2H3/t10-,13-/m0/s1. The van der Waals surface area contributed by atoms with Crippen LogP contribution in [0.25, 0.3) is 0 Å². The minimum Gasteiger partial charge on any atom is -0.464 e. The van der Waals surface area contributed by atoms with E-state index in [2.05, 4.69) is 12.2 Å². The molecule has 0 aliphatic carbocycles. The van der Waals surface area contributed by atoms with Crippen molar-refractivity contribution >= 4 is 0 Å². The second-order valence-electron chi connectivity index (χ2n) is 4.79. The first-order valence-electron chi connectivity index (χ1n) is 6.25. The molecule has 0 aromatic carbocycles. The molecule has 4 nitrogen and oxygen atoms in total. The minimum absolute atomic E-state index is 0.111. The van der Waals surface area contributed by atoms with Crippen molar-refractivity contribution in [2.75, 3.05) is 19.8 Å². The largest absolute Gasteiger partial charge is 0.464 e. The fraction of sp³-hybridized carbons (Fsp3) is 0.692. The van der Waals surface area contributed by atoms with E-state index in [4.69, 9.17) is 9.15 Å². The van der Waals surface area contributed by atoms with E-state index < -0.39 is 5.60 Å². The van der Waals surface area contributed by atoms with Gasteiger partial charge in [-0.05, 0) is 19.1 Å². The maximum absolute atomic E-state index is 10.1.